The smallest absolute Gasteiger partial charge is 0.221 e. The molecule has 1 aliphatic heterocycles. The molecule has 2 saturated carbocycles. The van der Waals surface area contributed by atoms with Gasteiger partial charge in [-0.3, -0.25) is 9.69 Å². The molecule has 0 radical (unpaired) electrons. The number of pyridine rings is 1. The van der Waals surface area contributed by atoms with E-state index in [4.69, 9.17) is 10.5 Å². The number of aromatic nitrogens is 1. The zero-order valence-corrected chi connectivity index (χ0v) is 15.6. The lowest BCUT2D eigenvalue weighted by Crippen LogP contribution is -2.55. The number of hydrogen-bond donors (Lipinski definition) is 1. The third-order valence-corrected chi connectivity index (χ3v) is 6.53. The second kappa shape index (κ2) is 5.70. The van der Waals surface area contributed by atoms with Gasteiger partial charge in [-0.15, -0.1) is 0 Å². The fraction of sp³-hybridized carbons (Fsp3) is 0.700. The molecule has 5 nitrogen and oxygen atoms in total. The van der Waals surface area contributed by atoms with E-state index in [0.29, 0.717) is 36.4 Å². The molecule has 1 aromatic rings. The van der Waals surface area contributed by atoms with Crippen molar-refractivity contribution in [2.45, 2.75) is 64.1 Å². The number of rotatable bonds is 6. The minimum Gasteiger partial charge on any atom is -0.476 e. The Morgan fingerprint density at radius 3 is 2.52 bits per heavy atom. The molecular weight excluding hydrogens is 314 g/mol. The topological polar surface area (TPSA) is 68.5 Å². The van der Waals surface area contributed by atoms with E-state index >= 15 is 0 Å². The van der Waals surface area contributed by atoms with Gasteiger partial charge in [0.15, 0.2) is 0 Å². The van der Waals surface area contributed by atoms with Gasteiger partial charge in [0.25, 0.3) is 0 Å². The van der Waals surface area contributed by atoms with Gasteiger partial charge in [0.1, 0.15) is 6.61 Å². The van der Waals surface area contributed by atoms with Crippen molar-refractivity contribution in [1.82, 2.24) is 9.88 Å². The van der Waals surface area contributed by atoms with Crippen LogP contribution in [0.4, 0.5) is 0 Å². The highest BCUT2D eigenvalue weighted by atomic mass is 16.5. The Bertz CT molecular complexity index is 669. The monoisotopic (exact) mass is 343 g/mol. The molecule has 3 aliphatic rings. The van der Waals surface area contributed by atoms with Crippen LogP contribution in [0.1, 0.15) is 52.0 Å². The lowest BCUT2D eigenvalue weighted by atomic mass is 9.97. The number of likely N-dealkylation sites (tertiary alicyclic amines) is 1. The first-order chi connectivity index (χ1) is 11.8. The lowest BCUT2D eigenvalue weighted by Gasteiger charge is -2.43. The van der Waals surface area contributed by atoms with Crippen LogP contribution in [-0.4, -0.2) is 40.0 Å². The summed E-state index contributed by atoms with van der Waals surface area (Å²) < 4.78 is 6.19. The van der Waals surface area contributed by atoms with Gasteiger partial charge in [-0.2, -0.15) is 0 Å². The number of fused-ring (bicyclic) bond motifs is 1. The van der Waals surface area contributed by atoms with E-state index in [1.165, 1.54) is 18.4 Å². The highest BCUT2D eigenvalue weighted by Gasteiger charge is 2.67. The molecule has 1 amide bonds. The minimum atomic E-state index is -0.134. The second-order valence-electron chi connectivity index (χ2n) is 8.74. The van der Waals surface area contributed by atoms with Crippen molar-refractivity contribution in [2.24, 2.45) is 23.5 Å². The Balaban J connectivity index is 1.45. The standard InChI is InChI=1S/C20H29N3O2/c1-11-15-16(17(15)18(21)24)12(2)23(11)20(3,4)10-25-19-14(13-7-8-13)6-5-9-22-19/h5-6,9,11-13,15-17H,7-8,10H2,1-4H3,(H2,21,24). The maximum absolute atomic E-state index is 11.6. The summed E-state index contributed by atoms with van der Waals surface area (Å²) in [7, 11) is 0. The average molecular weight is 343 g/mol. The first kappa shape index (κ1) is 16.8. The van der Waals surface area contributed by atoms with Crippen molar-refractivity contribution in [3.05, 3.63) is 23.9 Å². The molecule has 2 N–H and O–H groups in total. The number of hydrogen-bond acceptors (Lipinski definition) is 4. The Kier molecular flexibility index (Phi) is 3.83. The predicted octanol–water partition coefficient (Wildman–Crippen LogP) is 2.56. The zero-order chi connectivity index (χ0) is 17.9. The molecule has 2 aliphatic carbocycles. The van der Waals surface area contributed by atoms with Crippen molar-refractivity contribution in [3.8, 4) is 5.88 Å². The first-order valence-electron chi connectivity index (χ1n) is 9.48. The lowest BCUT2D eigenvalue weighted by molar-refractivity contribution is -0.121. The van der Waals surface area contributed by atoms with Crippen LogP contribution in [0.2, 0.25) is 0 Å². The van der Waals surface area contributed by atoms with E-state index in [1.807, 2.05) is 12.3 Å². The summed E-state index contributed by atoms with van der Waals surface area (Å²) in [5, 5.41) is 0. The van der Waals surface area contributed by atoms with Crippen LogP contribution in [-0.2, 0) is 4.79 Å². The highest BCUT2D eigenvalue weighted by molar-refractivity contribution is 5.81. The van der Waals surface area contributed by atoms with E-state index in [-0.39, 0.29) is 17.4 Å². The molecular formula is C20H29N3O2. The minimum absolute atomic E-state index is 0.0650. The van der Waals surface area contributed by atoms with E-state index in [0.717, 1.165) is 5.88 Å². The second-order valence-corrected chi connectivity index (χ2v) is 8.74. The maximum atomic E-state index is 11.6. The summed E-state index contributed by atoms with van der Waals surface area (Å²) in [5.41, 5.74) is 6.69. The van der Waals surface area contributed by atoms with E-state index < -0.39 is 0 Å². The number of primary amides is 1. The third kappa shape index (κ3) is 2.73. The molecule has 4 atom stereocenters. The van der Waals surface area contributed by atoms with Crippen LogP contribution in [0.5, 0.6) is 5.88 Å². The quantitative estimate of drug-likeness (QED) is 0.862. The van der Waals surface area contributed by atoms with Crippen LogP contribution in [0.25, 0.3) is 0 Å². The number of carbonyl (C=O) groups excluding carboxylic acids is 1. The van der Waals surface area contributed by atoms with Crippen LogP contribution in [0, 0.1) is 17.8 Å². The Morgan fingerprint density at radius 1 is 1.32 bits per heavy atom. The number of nitrogens with two attached hydrogens (primary N) is 1. The number of amides is 1. The summed E-state index contributed by atoms with van der Waals surface area (Å²) in [5.74, 6) is 2.16. The van der Waals surface area contributed by atoms with E-state index in [9.17, 15) is 4.79 Å². The molecule has 3 fully saturated rings. The maximum Gasteiger partial charge on any atom is 0.221 e. The van der Waals surface area contributed by atoms with Crippen molar-refractivity contribution in [2.75, 3.05) is 6.61 Å². The number of nitrogens with zero attached hydrogens (tertiary/aromatic N) is 2. The van der Waals surface area contributed by atoms with Crippen molar-refractivity contribution < 1.29 is 9.53 Å². The Labute approximate surface area is 149 Å². The first-order valence-corrected chi connectivity index (χ1v) is 9.48. The van der Waals surface area contributed by atoms with Crippen molar-refractivity contribution >= 4 is 5.91 Å². The summed E-state index contributed by atoms with van der Waals surface area (Å²) in [6, 6.07) is 4.83. The summed E-state index contributed by atoms with van der Waals surface area (Å²) in [6.45, 7) is 9.50. The number of piperidine rings is 1. The van der Waals surface area contributed by atoms with E-state index in [1.54, 1.807) is 0 Å². The molecule has 4 unspecified atom stereocenters. The molecule has 0 bridgehead atoms. The molecule has 1 saturated heterocycles. The van der Waals surface area contributed by atoms with Crippen LogP contribution < -0.4 is 10.5 Å². The van der Waals surface area contributed by atoms with Gasteiger partial charge in [-0.25, -0.2) is 4.98 Å². The molecule has 4 rings (SSSR count). The van der Waals surface area contributed by atoms with Gasteiger partial charge in [0, 0.05) is 35.3 Å². The van der Waals surface area contributed by atoms with Gasteiger partial charge >= 0.3 is 0 Å². The third-order valence-electron chi connectivity index (χ3n) is 6.53. The van der Waals surface area contributed by atoms with Gasteiger partial charge < -0.3 is 10.5 Å². The van der Waals surface area contributed by atoms with Gasteiger partial charge in [0.2, 0.25) is 11.8 Å². The molecule has 2 heterocycles. The van der Waals surface area contributed by atoms with Crippen LogP contribution in [0.15, 0.2) is 18.3 Å². The number of carbonyl (C=O) groups is 1. The largest absolute Gasteiger partial charge is 0.476 e. The Hall–Kier alpha value is -1.62. The van der Waals surface area contributed by atoms with Gasteiger partial charge in [0.05, 0.1) is 0 Å². The van der Waals surface area contributed by atoms with Gasteiger partial charge in [-0.1, -0.05) is 6.07 Å². The SMILES string of the molecule is CC1C2C(C(N)=O)C2C(C)N1C(C)(C)COc1ncccc1C1CC1. The van der Waals surface area contributed by atoms with Crippen LogP contribution in [0.3, 0.4) is 0 Å². The molecule has 0 aromatic carbocycles. The van der Waals surface area contributed by atoms with Crippen molar-refractivity contribution in [3.63, 3.8) is 0 Å². The fourth-order valence-electron chi connectivity index (χ4n) is 5.37. The summed E-state index contributed by atoms with van der Waals surface area (Å²) in [6.07, 6.45) is 4.29. The zero-order valence-electron chi connectivity index (χ0n) is 15.6. The average Bonchev–Trinajstić information content (AvgIpc) is 3.44. The Morgan fingerprint density at radius 2 is 1.96 bits per heavy atom. The highest BCUT2D eigenvalue weighted by Crippen LogP contribution is 2.60. The molecule has 5 heteroatoms. The molecule has 136 valence electrons. The fourth-order valence-corrected chi connectivity index (χ4v) is 5.37. The predicted molar refractivity (Wildman–Crippen MR) is 96.2 cm³/mol. The molecule has 0 spiro atoms. The molecule has 25 heavy (non-hydrogen) atoms. The normalized spacial score (nSPS) is 34.6. The van der Waals surface area contributed by atoms with Crippen molar-refractivity contribution in [1.29, 1.82) is 0 Å². The van der Waals surface area contributed by atoms with Crippen LogP contribution >= 0.6 is 0 Å². The van der Waals surface area contributed by atoms with Gasteiger partial charge in [-0.05, 0) is 64.4 Å². The number of ether oxygens (including phenoxy) is 1. The summed E-state index contributed by atoms with van der Waals surface area (Å²) in [4.78, 5) is 18.6. The summed E-state index contributed by atoms with van der Waals surface area (Å²) >= 11 is 0. The molecule has 1 aromatic heterocycles. The van der Waals surface area contributed by atoms with E-state index in [2.05, 4.69) is 43.6 Å².